The van der Waals surface area contributed by atoms with Crippen molar-refractivity contribution in [1.29, 1.82) is 0 Å². The number of unbranched alkanes of at least 4 members (excludes halogenated alkanes) is 2. The van der Waals surface area contributed by atoms with Crippen molar-refractivity contribution < 1.29 is 19.0 Å². The lowest BCUT2D eigenvalue weighted by atomic mass is 10.0. The highest BCUT2D eigenvalue weighted by atomic mass is 16.5. The number of carbonyl (C=O) groups excluding carboxylic acids is 1. The highest BCUT2D eigenvalue weighted by Gasteiger charge is 2.15. The molecule has 0 bridgehead atoms. The summed E-state index contributed by atoms with van der Waals surface area (Å²) in [4.78, 5) is 12.9. The monoisotopic (exact) mass is 448 g/mol. The van der Waals surface area contributed by atoms with E-state index >= 15 is 0 Å². The van der Waals surface area contributed by atoms with Crippen LogP contribution in [0.2, 0.25) is 0 Å². The molecule has 0 amide bonds. The van der Waals surface area contributed by atoms with E-state index in [0.29, 0.717) is 37.6 Å². The number of allylic oxidation sites excluding steroid dienone is 2. The Kier molecular flexibility index (Phi) is 11.6. The summed E-state index contributed by atoms with van der Waals surface area (Å²) in [6.07, 6.45) is 11.6. The fourth-order valence-electron chi connectivity index (χ4n) is 3.17. The second-order valence-corrected chi connectivity index (χ2v) is 7.68. The number of hydrogen-bond acceptors (Lipinski definition) is 4. The van der Waals surface area contributed by atoms with Crippen LogP contribution >= 0.6 is 0 Å². The van der Waals surface area contributed by atoms with Crippen molar-refractivity contribution in [2.45, 2.75) is 46.0 Å². The Morgan fingerprint density at radius 1 is 0.879 bits per heavy atom. The van der Waals surface area contributed by atoms with Gasteiger partial charge in [0.2, 0.25) is 0 Å². The SMILES string of the molecule is C=CCOc1ccc(C(=O)C=Cc2c(OCCCC)ccc(CC=C)c2OCCCC)cc1. The third-order valence-electron chi connectivity index (χ3n) is 5.01. The molecule has 0 saturated carbocycles. The van der Waals surface area contributed by atoms with Crippen LogP contribution in [0.5, 0.6) is 17.2 Å². The molecule has 2 rings (SSSR count). The van der Waals surface area contributed by atoms with Gasteiger partial charge in [-0.2, -0.15) is 0 Å². The highest BCUT2D eigenvalue weighted by molar-refractivity contribution is 6.07. The van der Waals surface area contributed by atoms with E-state index in [1.165, 1.54) is 0 Å². The van der Waals surface area contributed by atoms with Gasteiger partial charge in [0.25, 0.3) is 0 Å². The van der Waals surface area contributed by atoms with E-state index in [4.69, 9.17) is 14.2 Å². The summed E-state index contributed by atoms with van der Waals surface area (Å²) in [5, 5.41) is 0. The van der Waals surface area contributed by atoms with Crippen LogP contribution in [0.25, 0.3) is 6.08 Å². The van der Waals surface area contributed by atoms with Crippen LogP contribution < -0.4 is 14.2 Å². The highest BCUT2D eigenvalue weighted by Crippen LogP contribution is 2.35. The smallest absolute Gasteiger partial charge is 0.185 e. The predicted molar refractivity (Wildman–Crippen MR) is 137 cm³/mol. The van der Waals surface area contributed by atoms with Gasteiger partial charge in [0, 0.05) is 5.56 Å². The van der Waals surface area contributed by atoms with Crippen LogP contribution in [0.15, 0.2) is 67.8 Å². The first-order valence-corrected chi connectivity index (χ1v) is 11.7. The minimum Gasteiger partial charge on any atom is -0.493 e. The van der Waals surface area contributed by atoms with Gasteiger partial charge < -0.3 is 14.2 Å². The van der Waals surface area contributed by atoms with Crippen LogP contribution in [0.4, 0.5) is 0 Å². The van der Waals surface area contributed by atoms with E-state index in [1.54, 1.807) is 42.5 Å². The summed E-state index contributed by atoms with van der Waals surface area (Å²) in [6, 6.07) is 11.1. The molecule has 0 aliphatic carbocycles. The normalized spacial score (nSPS) is 10.7. The first kappa shape index (κ1) is 26.0. The minimum atomic E-state index is -0.0987. The first-order chi connectivity index (χ1) is 16.1. The molecule has 0 fully saturated rings. The second kappa shape index (κ2) is 14.7. The van der Waals surface area contributed by atoms with Gasteiger partial charge >= 0.3 is 0 Å². The van der Waals surface area contributed by atoms with Crippen molar-refractivity contribution in [1.82, 2.24) is 0 Å². The average molecular weight is 449 g/mol. The fourth-order valence-corrected chi connectivity index (χ4v) is 3.17. The molecule has 0 radical (unpaired) electrons. The van der Waals surface area contributed by atoms with E-state index < -0.39 is 0 Å². The van der Waals surface area contributed by atoms with Crippen molar-refractivity contribution >= 4 is 11.9 Å². The lowest BCUT2D eigenvalue weighted by Gasteiger charge is -2.17. The van der Waals surface area contributed by atoms with Crippen molar-refractivity contribution in [3.05, 3.63) is 84.5 Å². The van der Waals surface area contributed by atoms with E-state index in [2.05, 4.69) is 27.0 Å². The molecule has 0 aliphatic heterocycles. The van der Waals surface area contributed by atoms with E-state index in [1.807, 2.05) is 18.2 Å². The molecule has 0 spiro atoms. The maximum Gasteiger partial charge on any atom is 0.185 e. The van der Waals surface area contributed by atoms with Crippen LogP contribution in [-0.2, 0) is 6.42 Å². The molecule has 0 heterocycles. The summed E-state index contributed by atoms with van der Waals surface area (Å²) >= 11 is 0. The van der Waals surface area contributed by atoms with E-state index in [-0.39, 0.29) is 5.78 Å². The zero-order chi connectivity index (χ0) is 23.9. The molecule has 4 heteroatoms. The van der Waals surface area contributed by atoms with Crippen LogP contribution in [0.1, 0.15) is 61.0 Å². The van der Waals surface area contributed by atoms with Gasteiger partial charge in [0.15, 0.2) is 5.78 Å². The van der Waals surface area contributed by atoms with E-state index in [9.17, 15) is 4.79 Å². The Balaban J connectivity index is 2.35. The zero-order valence-corrected chi connectivity index (χ0v) is 20.0. The molecule has 0 aromatic heterocycles. The number of ether oxygens (including phenoxy) is 3. The molecule has 176 valence electrons. The molecule has 0 saturated heterocycles. The molecule has 2 aromatic carbocycles. The van der Waals surface area contributed by atoms with Gasteiger partial charge in [-0.25, -0.2) is 0 Å². The van der Waals surface area contributed by atoms with Crippen LogP contribution in [0, 0.1) is 0 Å². The van der Waals surface area contributed by atoms with Gasteiger partial charge in [-0.1, -0.05) is 51.5 Å². The van der Waals surface area contributed by atoms with E-state index in [0.717, 1.165) is 48.3 Å². The van der Waals surface area contributed by atoms with Gasteiger partial charge in [-0.3, -0.25) is 4.79 Å². The standard InChI is InChI=1S/C29H36O4/c1-5-9-21-32-28-19-14-24(11-7-3)29(33-22-10-6-2)26(28)17-18-27(30)23-12-15-25(16-13-23)31-20-8-4/h7-8,12-19H,3-6,9-11,20-22H2,1-2H3. The second-order valence-electron chi connectivity index (χ2n) is 7.68. The molecule has 0 atom stereocenters. The molecular weight excluding hydrogens is 412 g/mol. The lowest BCUT2D eigenvalue weighted by molar-refractivity contribution is 0.104. The van der Waals surface area contributed by atoms with Crippen molar-refractivity contribution in [2.24, 2.45) is 0 Å². The lowest BCUT2D eigenvalue weighted by Crippen LogP contribution is -2.05. The number of ketones is 1. The summed E-state index contributed by atoms with van der Waals surface area (Å²) < 4.78 is 17.7. The molecule has 4 nitrogen and oxygen atoms in total. The maximum absolute atomic E-state index is 12.9. The van der Waals surface area contributed by atoms with Crippen LogP contribution in [0.3, 0.4) is 0 Å². The Hall–Kier alpha value is -3.27. The van der Waals surface area contributed by atoms with Gasteiger partial charge in [-0.05, 0) is 67.3 Å². The van der Waals surface area contributed by atoms with Crippen LogP contribution in [-0.4, -0.2) is 25.6 Å². The Bertz CT molecular complexity index is 925. The molecule has 0 N–H and O–H groups in total. The average Bonchev–Trinajstić information content (AvgIpc) is 2.83. The Labute approximate surface area is 198 Å². The molecular formula is C29H36O4. The zero-order valence-electron chi connectivity index (χ0n) is 20.0. The Morgan fingerprint density at radius 2 is 1.58 bits per heavy atom. The minimum absolute atomic E-state index is 0.0987. The largest absolute Gasteiger partial charge is 0.493 e. The molecule has 2 aromatic rings. The summed E-state index contributed by atoms with van der Waals surface area (Å²) in [5.74, 6) is 2.08. The topological polar surface area (TPSA) is 44.8 Å². The number of rotatable bonds is 16. The summed E-state index contributed by atoms with van der Waals surface area (Å²) in [7, 11) is 0. The molecule has 0 unspecified atom stereocenters. The summed E-state index contributed by atoms with van der Waals surface area (Å²) in [5.41, 5.74) is 2.40. The van der Waals surface area contributed by atoms with Crippen molar-refractivity contribution in [2.75, 3.05) is 19.8 Å². The number of benzene rings is 2. The predicted octanol–water partition coefficient (Wildman–Crippen LogP) is 7.23. The molecule has 33 heavy (non-hydrogen) atoms. The Morgan fingerprint density at radius 3 is 2.21 bits per heavy atom. The van der Waals surface area contributed by atoms with Crippen molar-refractivity contribution in [3.8, 4) is 17.2 Å². The van der Waals surface area contributed by atoms with Gasteiger partial charge in [0.1, 0.15) is 23.9 Å². The number of hydrogen-bond donors (Lipinski definition) is 0. The van der Waals surface area contributed by atoms with Gasteiger partial charge in [0.05, 0.1) is 18.8 Å². The third-order valence-corrected chi connectivity index (χ3v) is 5.01. The van der Waals surface area contributed by atoms with Gasteiger partial charge in [-0.15, -0.1) is 6.58 Å². The maximum atomic E-state index is 12.9. The summed E-state index contributed by atoms with van der Waals surface area (Å²) in [6.45, 7) is 13.4. The third kappa shape index (κ3) is 8.30. The van der Waals surface area contributed by atoms with Crippen molar-refractivity contribution in [3.63, 3.8) is 0 Å². The quantitative estimate of drug-likeness (QED) is 0.118. The number of carbonyl (C=O) groups is 1. The molecule has 0 aliphatic rings. The fraction of sp³-hybridized carbons (Fsp3) is 0.345. The first-order valence-electron chi connectivity index (χ1n) is 11.7.